The minimum Gasteiger partial charge on any atom is -0.490 e. The van der Waals surface area contributed by atoms with Crippen molar-refractivity contribution in [2.24, 2.45) is 5.41 Å². The molecule has 216 valence electrons. The van der Waals surface area contributed by atoms with Gasteiger partial charge < -0.3 is 19.3 Å². The van der Waals surface area contributed by atoms with Gasteiger partial charge in [0.2, 0.25) is 0 Å². The third-order valence-corrected chi connectivity index (χ3v) is 9.13. The number of carbonyl (C=O) groups is 1. The van der Waals surface area contributed by atoms with Gasteiger partial charge in [0.1, 0.15) is 17.2 Å². The number of rotatable bonds is 7. The number of carboxylic acids is 1. The van der Waals surface area contributed by atoms with Crippen molar-refractivity contribution in [3.05, 3.63) is 69.8 Å². The Hall–Kier alpha value is -3.62. The molecule has 3 aliphatic rings. The van der Waals surface area contributed by atoms with Crippen LogP contribution in [0.1, 0.15) is 73.7 Å². The largest absolute Gasteiger partial charge is 0.490 e. The van der Waals surface area contributed by atoms with Gasteiger partial charge in [-0.3, -0.25) is 4.98 Å². The molecule has 10 heteroatoms. The zero-order valence-electron chi connectivity index (χ0n) is 23.4. The number of aromatic nitrogens is 3. The molecule has 1 saturated heterocycles. The molecular formula is C32H30Cl2N4O4. The Kier molecular flexibility index (Phi) is 6.66. The SMILES string of the molecule is CC(C)Oc1cc(C(=O)O)nc2ccc(N3CCC4(C=C(c5c(-c6c(Cl)cncc6Cl)noc5C5CC5)C4)CC3)cc12. The van der Waals surface area contributed by atoms with Gasteiger partial charge in [-0.25, -0.2) is 9.78 Å². The normalized spacial score (nSPS) is 17.9. The first-order valence-electron chi connectivity index (χ1n) is 14.3. The molecule has 42 heavy (non-hydrogen) atoms. The van der Waals surface area contributed by atoms with E-state index in [2.05, 4.69) is 32.2 Å². The lowest BCUT2D eigenvalue weighted by atomic mass is 9.63. The highest BCUT2D eigenvalue weighted by Gasteiger charge is 2.44. The number of allylic oxidation sites excluding steroid dienone is 2. The van der Waals surface area contributed by atoms with Gasteiger partial charge in [-0.15, -0.1) is 0 Å². The molecule has 1 aliphatic heterocycles. The van der Waals surface area contributed by atoms with Crippen LogP contribution in [0.3, 0.4) is 0 Å². The van der Waals surface area contributed by atoms with E-state index >= 15 is 0 Å². The van der Waals surface area contributed by atoms with E-state index in [1.165, 1.54) is 11.6 Å². The Morgan fingerprint density at radius 2 is 1.83 bits per heavy atom. The lowest BCUT2D eigenvalue weighted by Gasteiger charge is -2.47. The Morgan fingerprint density at radius 1 is 1.12 bits per heavy atom. The molecule has 4 aromatic rings. The number of benzene rings is 1. The Bertz CT molecular complexity index is 1730. The predicted molar refractivity (Wildman–Crippen MR) is 163 cm³/mol. The highest BCUT2D eigenvalue weighted by atomic mass is 35.5. The second-order valence-corrected chi connectivity index (χ2v) is 12.7. The van der Waals surface area contributed by atoms with E-state index in [-0.39, 0.29) is 17.2 Å². The second kappa shape index (κ2) is 10.3. The summed E-state index contributed by atoms with van der Waals surface area (Å²) in [5.41, 5.74) is 5.51. The number of fused-ring (bicyclic) bond motifs is 1. The molecule has 1 aromatic carbocycles. The number of hydrogen-bond acceptors (Lipinski definition) is 7. The monoisotopic (exact) mass is 604 g/mol. The number of halogens is 2. The summed E-state index contributed by atoms with van der Waals surface area (Å²) in [6.45, 7) is 5.67. The van der Waals surface area contributed by atoms with Gasteiger partial charge >= 0.3 is 5.97 Å². The summed E-state index contributed by atoms with van der Waals surface area (Å²) in [5, 5.41) is 15.7. The fourth-order valence-corrected chi connectivity index (χ4v) is 6.84. The van der Waals surface area contributed by atoms with Gasteiger partial charge in [-0.1, -0.05) is 34.4 Å². The maximum atomic E-state index is 11.6. The minimum absolute atomic E-state index is 0.0207. The van der Waals surface area contributed by atoms with E-state index in [0.717, 1.165) is 67.6 Å². The first kappa shape index (κ1) is 27.2. The molecule has 4 heterocycles. The maximum Gasteiger partial charge on any atom is 0.354 e. The summed E-state index contributed by atoms with van der Waals surface area (Å²) in [7, 11) is 0. The van der Waals surface area contributed by atoms with Crippen LogP contribution in [0.15, 0.2) is 47.3 Å². The van der Waals surface area contributed by atoms with Crippen LogP contribution in [0, 0.1) is 5.41 Å². The van der Waals surface area contributed by atoms with Crippen molar-refractivity contribution < 1.29 is 19.2 Å². The van der Waals surface area contributed by atoms with E-state index in [4.69, 9.17) is 32.5 Å². The number of piperidine rings is 1. The molecular weight excluding hydrogens is 575 g/mol. The van der Waals surface area contributed by atoms with Crippen LogP contribution in [-0.2, 0) is 0 Å². The number of carboxylic acid groups (broad SMARTS) is 1. The number of pyridine rings is 2. The van der Waals surface area contributed by atoms with Crippen LogP contribution < -0.4 is 9.64 Å². The molecule has 0 atom stereocenters. The van der Waals surface area contributed by atoms with E-state index < -0.39 is 5.97 Å². The summed E-state index contributed by atoms with van der Waals surface area (Å²) >= 11 is 13.0. The third-order valence-electron chi connectivity index (χ3n) is 8.56. The van der Waals surface area contributed by atoms with Gasteiger partial charge in [-0.05, 0) is 75.1 Å². The Labute approximate surface area is 253 Å². The first-order valence-corrected chi connectivity index (χ1v) is 15.1. The van der Waals surface area contributed by atoms with Gasteiger partial charge in [-0.2, -0.15) is 0 Å². The van der Waals surface area contributed by atoms with Crippen molar-refractivity contribution in [3.8, 4) is 17.0 Å². The van der Waals surface area contributed by atoms with Crippen molar-refractivity contribution in [2.75, 3.05) is 18.0 Å². The third kappa shape index (κ3) is 4.80. The molecule has 8 nitrogen and oxygen atoms in total. The van der Waals surface area contributed by atoms with Crippen LogP contribution in [-0.4, -0.2) is 45.4 Å². The molecule has 1 N–H and O–H groups in total. The van der Waals surface area contributed by atoms with Crippen molar-refractivity contribution in [3.63, 3.8) is 0 Å². The molecule has 1 spiro atoms. The number of nitrogens with zero attached hydrogens (tertiary/aromatic N) is 4. The van der Waals surface area contributed by atoms with Crippen molar-refractivity contribution in [2.45, 2.75) is 58.0 Å². The molecule has 1 saturated carbocycles. The number of aromatic carboxylic acids is 1. The zero-order valence-corrected chi connectivity index (χ0v) is 24.9. The summed E-state index contributed by atoms with van der Waals surface area (Å²) in [6.07, 6.45) is 10.7. The van der Waals surface area contributed by atoms with Crippen LogP contribution in [0.5, 0.6) is 5.75 Å². The van der Waals surface area contributed by atoms with Crippen LogP contribution in [0.25, 0.3) is 27.7 Å². The molecule has 0 amide bonds. The molecule has 2 aliphatic carbocycles. The van der Waals surface area contributed by atoms with E-state index in [0.29, 0.717) is 38.5 Å². The lowest BCUT2D eigenvalue weighted by Crippen LogP contribution is -2.42. The quantitative estimate of drug-likeness (QED) is 0.226. The van der Waals surface area contributed by atoms with Crippen LogP contribution in [0.4, 0.5) is 5.69 Å². The zero-order chi connectivity index (χ0) is 29.2. The maximum absolute atomic E-state index is 11.6. The summed E-state index contributed by atoms with van der Waals surface area (Å²) in [6, 6.07) is 7.49. The highest BCUT2D eigenvalue weighted by molar-refractivity contribution is 6.39. The van der Waals surface area contributed by atoms with Gasteiger partial charge in [0, 0.05) is 59.7 Å². The molecule has 0 bridgehead atoms. The Balaban J connectivity index is 1.14. The molecule has 2 fully saturated rings. The summed E-state index contributed by atoms with van der Waals surface area (Å²) in [5.74, 6) is 0.819. The molecule has 0 unspecified atom stereocenters. The average Bonchev–Trinajstić information content (AvgIpc) is 3.70. The van der Waals surface area contributed by atoms with E-state index in [9.17, 15) is 9.90 Å². The number of hydrogen-bond donors (Lipinski definition) is 1. The van der Waals surface area contributed by atoms with Crippen molar-refractivity contribution in [1.29, 1.82) is 0 Å². The fourth-order valence-electron chi connectivity index (χ4n) is 6.30. The lowest BCUT2D eigenvalue weighted by molar-refractivity contribution is 0.0690. The number of anilines is 1. The number of ether oxygens (including phenoxy) is 1. The predicted octanol–water partition coefficient (Wildman–Crippen LogP) is 8.03. The Morgan fingerprint density at radius 3 is 2.48 bits per heavy atom. The second-order valence-electron chi connectivity index (χ2n) is 11.9. The highest BCUT2D eigenvalue weighted by Crippen LogP contribution is 2.56. The molecule has 0 radical (unpaired) electrons. The molecule has 7 rings (SSSR count). The summed E-state index contributed by atoms with van der Waals surface area (Å²) in [4.78, 5) is 22.4. The van der Waals surface area contributed by atoms with Crippen molar-refractivity contribution >= 4 is 51.3 Å². The topological polar surface area (TPSA) is 102 Å². The van der Waals surface area contributed by atoms with Crippen molar-refractivity contribution in [1.82, 2.24) is 15.1 Å². The minimum atomic E-state index is -1.07. The fraction of sp³-hybridized carbons (Fsp3) is 0.375. The standard InChI is InChI=1S/C32H30Cl2N4O4/c1-17(2)41-26-12-25(31(39)40)36-24-6-5-20(11-21(24)26)38-9-7-32(8-10-38)13-19(14-32)27-29(37-42-30(27)18-3-4-18)28-22(33)15-35-16-23(28)34/h5-6,11-13,15-18H,3-4,7-10,14H2,1-2H3,(H,39,40). The first-order chi connectivity index (χ1) is 20.2. The average molecular weight is 606 g/mol. The van der Waals surface area contributed by atoms with Gasteiger partial charge in [0.25, 0.3) is 0 Å². The van der Waals surface area contributed by atoms with Gasteiger partial charge in [0.15, 0.2) is 5.69 Å². The van der Waals surface area contributed by atoms with E-state index in [1.54, 1.807) is 12.4 Å². The van der Waals surface area contributed by atoms with Crippen LogP contribution in [0.2, 0.25) is 10.0 Å². The summed E-state index contributed by atoms with van der Waals surface area (Å²) < 4.78 is 11.9. The van der Waals surface area contributed by atoms with E-state index in [1.807, 2.05) is 26.0 Å². The van der Waals surface area contributed by atoms with Crippen LogP contribution >= 0.6 is 23.2 Å². The molecule has 3 aromatic heterocycles. The van der Waals surface area contributed by atoms with Gasteiger partial charge in [0.05, 0.1) is 21.7 Å². The smallest absolute Gasteiger partial charge is 0.354 e.